The second-order valence-electron chi connectivity index (χ2n) is 6.79. The first-order chi connectivity index (χ1) is 14.5. The molecule has 1 saturated heterocycles. The van der Waals surface area contributed by atoms with E-state index in [1.807, 2.05) is 53.5 Å². The molecule has 152 valence electrons. The van der Waals surface area contributed by atoms with Crippen LogP contribution in [0.1, 0.15) is 18.0 Å². The number of nitrogens with one attached hydrogen (secondary N) is 1. The van der Waals surface area contributed by atoms with E-state index in [0.29, 0.717) is 17.9 Å². The fourth-order valence-corrected chi connectivity index (χ4v) is 3.62. The third-order valence-corrected chi connectivity index (χ3v) is 4.98. The number of carbonyl (C=O) groups is 1. The van der Waals surface area contributed by atoms with Crippen LogP contribution in [0.15, 0.2) is 79.0 Å². The van der Waals surface area contributed by atoms with Crippen LogP contribution in [-0.4, -0.2) is 27.3 Å². The zero-order valence-electron chi connectivity index (χ0n) is 15.8. The van der Waals surface area contributed by atoms with Crippen LogP contribution < -0.4 is 15.3 Å². The third-order valence-electron chi connectivity index (χ3n) is 4.98. The van der Waals surface area contributed by atoms with E-state index in [2.05, 4.69) is 10.4 Å². The molecular weight excluding hydrogens is 386 g/mol. The number of anilines is 2. The molecule has 2 unspecified atom stereocenters. The molecule has 0 spiro atoms. The van der Waals surface area contributed by atoms with Gasteiger partial charge >= 0.3 is 6.09 Å². The van der Waals surface area contributed by atoms with Crippen LogP contribution in [0, 0.1) is 10.1 Å². The first-order valence-corrected chi connectivity index (χ1v) is 9.32. The molecule has 0 bridgehead atoms. The number of rotatable bonds is 5. The van der Waals surface area contributed by atoms with Crippen LogP contribution in [-0.2, 0) is 0 Å². The molecule has 1 aliphatic heterocycles. The second kappa shape index (κ2) is 8.18. The van der Waals surface area contributed by atoms with Gasteiger partial charge in [-0.1, -0.05) is 36.4 Å². The number of nitrogens with zero attached hydrogens (tertiary/aromatic N) is 4. The lowest BCUT2D eigenvalue weighted by molar-refractivity contribution is -0.384. The number of carboxylic acid groups (broad SMARTS) is 1. The Morgan fingerprint density at radius 1 is 1.10 bits per heavy atom. The van der Waals surface area contributed by atoms with Crippen molar-refractivity contribution in [3.05, 3.63) is 94.7 Å². The lowest BCUT2D eigenvalue weighted by Gasteiger charge is -2.28. The highest BCUT2D eigenvalue weighted by atomic mass is 16.6. The van der Waals surface area contributed by atoms with Crippen molar-refractivity contribution in [1.29, 1.82) is 0 Å². The summed E-state index contributed by atoms with van der Waals surface area (Å²) in [4.78, 5) is 28.1. The molecule has 0 saturated carbocycles. The van der Waals surface area contributed by atoms with E-state index in [1.54, 1.807) is 6.20 Å². The number of hydrogen-bond donors (Lipinski definition) is 2. The minimum atomic E-state index is -1.16. The minimum absolute atomic E-state index is 0.0965. The fourth-order valence-electron chi connectivity index (χ4n) is 3.62. The standard InChI is InChI=1S/C21H19N5O4/c27-21(28)24(16-9-11-17(12-10-16)26(29)30)20-14-18(15-6-2-1-3-7-15)25(23-20)19-8-4-5-13-22-19/h1-13,18,20,23H,14H2,(H,27,28). The van der Waals surface area contributed by atoms with Crippen LogP contribution in [0.3, 0.4) is 0 Å². The van der Waals surface area contributed by atoms with Gasteiger partial charge in [-0.3, -0.25) is 20.0 Å². The SMILES string of the molecule is O=C(O)N(c1ccc([N+](=O)[O-])cc1)C1CC(c2ccccc2)N(c2ccccn2)N1. The van der Waals surface area contributed by atoms with Gasteiger partial charge in [-0.2, -0.15) is 0 Å². The fraction of sp³-hybridized carbons (Fsp3) is 0.143. The molecule has 30 heavy (non-hydrogen) atoms. The number of aromatic nitrogens is 1. The van der Waals surface area contributed by atoms with Crippen molar-refractivity contribution in [1.82, 2.24) is 10.4 Å². The Labute approximate surface area is 172 Å². The number of non-ortho nitro benzene ring substituents is 1. The van der Waals surface area contributed by atoms with Crippen molar-refractivity contribution in [3.8, 4) is 0 Å². The number of nitro benzene ring substituents is 1. The number of amides is 1. The third kappa shape index (κ3) is 3.78. The van der Waals surface area contributed by atoms with Crippen LogP contribution >= 0.6 is 0 Å². The van der Waals surface area contributed by atoms with E-state index in [1.165, 1.54) is 29.2 Å². The number of nitro groups is 1. The molecule has 1 aromatic heterocycles. The Morgan fingerprint density at radius 3 is 2.40 bits per heavy atom. The van der Waals surface area contributed by atoms with Crippen LogP contribution in [0.4, 0.5) is 22.0 Å². The van der Waals surface area contributed by atoms with Gasteiger partial charge in [0.15, 0.2) is 0 Å². The van der Waals surface area contributed by atoms with Gasteiger partial charge in [0.25, 0.3) is 5.69 Å². The molecule has 2 heterocycles. The molecule has 2 atom stereocenters. The Balaban J connectivity index is 1.68. The largest absolute Gasteiger partial charge is 0.465 e. The van der Waals surface area contributed by atoms with E-state index in [4.69, 9.17) is 0 Å². The van der Waals surface area contributed by atoms with Gasteiger partial charge in [0.1, 0.15) is 12.0 Å². The van der Waals surface area contributed by atoms with Crippen molar-refractivity contribution in [2.24, 2.45) is 0 Å². The van der Waals surface area contributed by atoms with E-state index < -0.39 is 17.2 Å². The molecule has 4 rings (SSSR count). The number of hydrogen-bond acceptors (Lipinski definition) is 6. The van der Waals surface area contributed by atoms with Gasteiger partial charge in [-0.05, 0) is 29.8 Å². The highest BCUT2D eigenvalue weighted by molar-refractivity contribution is 5.87. The molecule has 1 aliphatic rings. The molecule has 1 amide bonds. The maximum Gasteiger partial charge on any atom is 0.413 e. The van der Waals surface area contributed by atoms with Gasteiger partial charge < -0.3 is 5.11 Å². The summed E-state index contributed by atoms with van der Waals surface area (Å²) in [6.07, 6.45) is 0.397. The zero-order valence-corrected chi connectivity index (χ0v) is 15.8. The summed E-state index contributed by atoms with van der Waals surface area (Å²) in [5.41, 5.74) is 4.53. The smallest absolute Gasteiger partial charge is 0.413 e. The van der Waals surface area contributed by atoms with Gasteiger partial charge in [0, 0.05) is 30.4 Å². The quantitative estimate of drug-likeness (QED) is 0.488. The molecule has 3 aromatic rings. The van der Waals surface area contributed by atoms with Gasteiger partial charge in [-0.25, -0.2) is 15.2 Å². The Hall–Kier alpha value is -3.98. The molecule has 0 aliphatic carbocycles. The number of hydrazine groups is 1. The van der Waals surface area contributed by atoms with Crippen LogP contribution in [0.2, 0.25) is 0 Å². The Bertz CT molecular complexity index is 983. The minimum Gasteiger partial charge on any atom is -0.465 e. The highest BCUT2D eigenvalue weighted by Crippen LogP contribution is 2.36. The molecule has 9 heteroatoms. The summed E-state index contributed by atoms with van der Waals surface area (Å²) in [5, 5.41) is 22.7. The van der Waals surface area contributed by atoms with Crippen molar-refractivity contribution in [2.45, 2.75) is 18.6 Å². The summed E-state index contributed by atoms with van der Waals surface area (Å²) < 4.78 is 0. The molecule has 1 fully saturated rings. The Morgan fingerprint density at radius 2 is 1.80 bits per heavy atom. The van der Waals surface area contributed by atoms with Crippen molar-refractivity contribution in [2.75, 3.05) is 9.91 Å². The predicted octanol–water partition coefficient (Wildman–Crippen LogP) is 3.96. The second-order valence-corrected chi connectivity index (χ2v) is 6.79. The van der Waals surface area contributed by atoms with Crippen molar-refractivity contribution in [3.63, 3.8) is 0 Å². The average Bonchev–Trinajstić information content (AvgIpc) is 3.20. The molecular formula is C21H19N5O4. The first kappa shape index (κ1) is 19.3. The van der Waals surface area contributed by atoms with E-state index in [0.717, 1.165) is 5.56 Å². The molecule has 2 N–H and O–H groups in total. The average molecular weight is 405 g/mol. The van der Waals surface area contributed by atoms with Gasteiger partial charge in [-0.15, -0.1) is 0 Å². The topological polar surface area (TPSA) is 112 Å². The van der Waals surface area contributed by atoms with Crippen LogP contribution in [0.5, 0.6) is 0 Å². The van der Waals surface area contributed by atoms with E-state index >= 15 is 0 Å². The predicted molar refractivity (Wildman–Crippen MR) is 111 cm³/mol. The maximum absolute atomic E-state index is 12.1. The molecule has 9 nitrogen and oxygen atoms in total. The van der Waals surface area contributed by atoms with Crippen molar-refractivity contribution < 1.29 is 14.8 Å². The van der Waals surface area contributed by atoms with Crippen molar-refractivity contribution >= 4 is 23.3 Å². The lowest BCUT2D eigenvalue weighted by atomic mass is 10.0. The summed E-state index contributed by atoms with van der Waals surface area (Å²) in [5.74, 6) is 0.669. The summed E-state index contributed by atoms with van der Waals surface area (Å²) >= 11 is 0. The normalized spacial score (nSPS) is 18.2. The summed E-state index contributed by atoms with van der Waals surface area (Å²) in [6, 6.07) is 20.6. The highest BCUT2D eigenvalue weighted by Gasteiger charge is 2.39. The summed E-state index contributed by atoms with van der Waals surface area (Å²) in [7, 11) is 0. The van der Waals surface area contributed by atoms with E-state index in [9.17, 15) is 20.0 Å². The Kier molecular flexibility index (Phi) is 5.27. The first-order valence-electron chi connectivity index (χ1n) is 9.32. The molecule has 2 aromatic carbocycles. The summed E-state index contributed by atoms with van der Waals surface area (Å²) in [6.45, 7) is 0. The van der Waals surface area contributed by atoms with Gasteiger partial charge in [0.2, 0.25) is 0 Å². The monoisotopic (exact) mass is 405 g/mol. The molecule has 0 radical (unpaired) electrons. The lowest BCUT2D eigenvalue weighted by Crippen LogP contribution is -2.49. The van der Waals surface area contributed by atoms with Crippen LogP contribution in [0.25, 0.3) is 0 Å². The van der Waals surface area contributed by atoms with E-state index in [-0.39, 0.29) is 11.7 Å². The maximum atomic E-state index is 12.1. The zero-order chi connectivity index (χ0) is 21.1. The van der Waals surface area contributed by atoms with Gasteiger partial charge in [0.05, 0.1) is 11.0 Å². The number of benzene rings is 2. The number of pyridine rings is 1.